The zero-order valence-electron chi connectivity index (χ0n) is 6.54. The first-order valence-electron chi connectivity index (χ1n) is 3.42. The van der Waals surface area contributed by atoms with Crippen LogP contribution in [0.15, 0.2) is 12.7 Å². The number of aliphatic hydroxyl groups excluding tert-OH is 1. The molecular weight excluding hydrogens is 168 g/mol. The summed E-state index contributed by atoms with van der Waals surface area (Å²) in [6, 6.07) is 0. The van der Waals surface area contributed by atoms with Crippen LogP contribution in [0.25, 0.3) is 0 Å². The number of hydrogen-bond donors (Lipinski definition) is 1. The van der Waals surface area contributed by atoms with Gasteiger partial charge in [-0.3, -0.25) is 4.79 Å². The third-order valence-electron chi connectivity index (χ3n) is 1.21. The van der Waals surface area contributed by atoms with E-state index in [-0.39, 0.29) is 13.2 Å². The topological polar surface area (TPSA) is 40.5 Å². The van der Waals surface area contributed by atoms with E-state index in [0.717, 1.165) is 11.0 Å². The highest BCUT2D eigenvalue weighted by molar-refractivity contribution is 5.86. The molecule has 0 unspecified atom stereocenters. The van der Waals surface area contributed by atoms with Gasteiger partial charge < -0.3 is 10.0 Å². The van der Waals surface area contributed by atoms with E-state index in [0.29, 0.717) is 0 Å². The lowest BCUT2D eigenvalue weighted by molar-refractivity contribution is -0.128. The molecule has 0 heterocycles. The molecule has 0 aliphatic heterocycles. The summed E-state index contributed by atoms with van der Waals surface area (Å²) in [5, 5.41) is 8.42. The highest BCUT2D eigenvalue weighted by Gasteiger charge is 2.14. The number of nitrogens with zero attached hydrogens (tertiary/aromatic N) is 1. The average Bonchev–Trinajstić information content (AvgIpc) is 2.01. The van der Waals surface area contributed by atoms with E-state index >= 15 is 0 Å². The van der Waals surface area contributed by atoms with Gasteiger partial charge >= 0.3 is 0 Å². The SMILES string of the molecule is C=CC(=O)N(CCO)CC(F)F. The Morgan fingerprint density at radius 1 is 1.67 bits per heavy atom. The van der Waals surface area contributed by atoms with Crippen molar-refractivity contribution in [3.05, 3.63) is 12.7 Å². The molecule has 0 bridgehead atoms. The van der Waals surface area contributed by atoms with Crippen molar-refractivity contribution in [2.24, 2.45) is 0 Å². The molecule has 0 aromatic carbocycles. The van der Waals surface area contributed by atoms with E-state index in [1.165, 1.54) is 0 Å². The summed E-state index contributed by atoms with van der Waals surface area (Å²) >= 11 is 0. The Balaban J connectivity index is 4.02. The van der Waals surface area contributed by atoms with Crippen molar-refractivity contribution in [1.29, 1.82) is 0 Å². The predicted octanol–water partition coefficient (Wildman–Crippen LogP) is 0.258. The van der Waals surface area contributed by atoms with E-state index in [4.69, 9.17) is 5.11 Å². The second kappa shape index (κ2) is 5.65. The molecule has 1 N–H and O–H groups in total. The van der Waals surface area contributed by atoms with Crippen LogP contribution in [0.2, 0.25) is 0 Å². The third kappa shape index (κ3) is 4.02. The molecule has 3 nitrogen and oxygen atoms in total. The standard InChI is InChI=1S/C7H11F2NO2/c1-2-7(12)10(3-4-11)5-6(8)9/h2,6,11H,1,3-5H2. The molecule has 0 aromatic heterocycles. The largest absolute Gasteiger partial charge is 0.395 e. The minimum Gasteiger partial charge on any atom is -0.395 e. The molecule has 0 spiro atoms. The average molecular weight is 179 g/mol. The Kier molecular flexibility index (Phi) is 5.19. The summed E-state index contributed by atoms with van der Waals surface area (Å²) < 4.78 is 23.6. The van der Waals surface area contributed by atoms with E-state index < -0.39 is 18.9 Å². The van der Waals surface area contributed by atoms with E-state index in [1.54, 1.807) is 0 Å². The van der Waals surface area contributed by atoms with Gasteiger partial charge in [-0.1, -0.05) is 6.58 Å². The highest BCUT2D eigenvalue weighted by Crippen LogP contribution is 1.98. The van der Waals surface area contributed by atoms with Crippen molar-refractivity contribution in [2.45, 2.75) is 6.43 Å². The van der Waals surface area contributed by atoms with Crippen LogP contribution < -0.4 is 0 Å². The molecule has 0 fully saturated rings. The van der Waals surface area contributed by atoms with Crippen molar-refractivity contribution < 1.29 is 18.7 Å². The monoisotopic (exact) mass is 179 g/mol. The van der Waals surface area contributed by atoms with Gasteiger partial charge in [-0.05, 0) is 6.08 Å². The molecule has 70 valence electrons. The third-order valence-corrected chi connectivity index (χ3v) is 1.21. The lowest BCUT2D eigenvalue weighted by Crippen LogP contribution is -2.35. The molecule has 0 atom stereocenters. The summed E-state index contributed by atoms with van der Waals surface area (Å²) in [5.41, 5.74) is 0. The molecule has 0 saturated heterocycles. The first-order valence-corrected chi connectivity index (χ1v) is 3.42. The van der Waals surface area contributed by atoms with Gasteiger partial charge in [-0.25, -0.2) is 8.78 Å². The van der Waals surface area contributed by atoms with Gasteiger partial charge in [0.05, 0.1) is 13.2 Å². The van der Waals surface area contributed by atoms with Crippen LogP contribution in [0, 0.1) is 0 Å². The summed E-state index contributed by atoms with van der Waals surface area (Å²) in [6.07, 6.45) is -1.64. The van der Waals surface area contributed by atoms with Crippen LogP contribution in [0.4, 0.5) is 8.78 Å². The predicted molar refractivity (Wildman–Crippen MR) is 39.9 cm³/mol. The maximum absolute atomic E-state index is 11.8. The lowest BCUT2D eigenvalue weighted by Gasteiger charge is -2.18. The van der Waals surface area contributed by atoms with Crippen molar-refractivity contribution >= 4 is 5.91 Å². The second-order valence-corrected chi connectivity index (χ2v) is 2.10. The summed E-state index contributed by atoms with van der Waals surface area (Å²) in [7, 11) is 0. The molecule has 0 aliphatic rings. The fourth-order valence-corrected chi connectivity index (χ4v) is 0.708. The normalized spacial score (nSPS) is 10.0. The van der Waals surface area contributed by atoms with Gasteiger partial charge in [0.1, 0.15) is 0 Å². The van der Waals surface area contributed by atoms with Crippen LogP contribution in [0.3, 0.4) is 0 Å². The summed E-state index contributed by atoms with van der Waals surface area (Å²) in [4.78, 5) is 11.6. The molecule has 0 saturated carbocycles. The number of alkyl halides is 2. The number of carbonyl (C=O) groups is 1. The van der Waals surface area contributed by atoms with Crippen molar-refractivity contribution in [3.8, 4) is 0 Å². The molecule has 0 rings (SSSR count). The lowest BCUT2D eigenvalue weighted by atomic mass is 10.4. The number of hydrogen-bond acceptors (Lipinski definition) is 2. The van der Waals surface area contributed by atoms with Crippen molar-refractivity contribution in [3.63, 3.8) is 0 Å². The molecule has 1 amide bonds. The van der Waals surface area contributed by atoms with Gasteiger partial charge in [-0.2, -0.15) is 0 Å². The summed E-state index contributed by atoms with van der Waals surface area (Å²) in [6.45, 7) is 2.08. The van der Waals surface area contributed by atoms with Gasteiger partial charge in [0.2, 0.25) is 5.91 Å². The number of rotatable bonds is 5. The Bertz CT molecular complexity index is 161. The first kappa shape index (κ1) is 11.0. The summed E-state index contributed by atoms with van der Waals surface area (Å²) in [5.74, 6) is -0.593. The van der Waals surface area contributed by atoms with E-state index in [2.05, 4.69) is 6.58 Å². The zero-order chi connectivity index (χ0) is 9.56. The number of aliphatic hydroxyl groups is 1. The highest BCUT2D eigenvalue weighted by atomic mass is 19.3. The maximum Gasteiger partial charge on any atom is 0.255 e. The Morgan fingerprint density at radius 3 is 2.58 bits per heavy atom. The van der Waals surface area contributed by atoms with E-state index in [9.17, 15) is 13.6 Å². The van der Waals surface area contributed by atoms with Crippen LogP contribution in [-0.2, 0) is 4.79 Å². The number of carbonyl (C=O) groups excluding carboxylic acids is 1. The molecule has 0 radical (unpaired) electrons. The first-order chi connectivity index (χ1) is 5.61. The van der Waals surface area contributed by atoms with Crippen molar-refractivity contribution in [2.75, 3.05) is 19.7 Å². The number of amides is 1. The van der Waals surface area contributed by atoms with Gasteiger partial charge in [-0.15, -0.1) is 0 Å². The molecular formula is C7H11F2NO2. The van der Waals surface area contributed by atoms with Crippen LogP contribution in [0.5, 0.6) is 0 Å². The van der Waals surface area contributed by atoms with Crippen LogP contribution in [-0.4, -0.2) is 42.0 Å². The van der Waals surface area contributed by atoms with E-state index in [1.807, 2.05) is 0 Å². The Hall–Kier alpha value is -0.970. The number of halogens is 2. The minimum atomic E-state index is -2.58. The minimum absolute atomic E-state index is 0.0881. The van der Waals surface area contributed by atoms with Crippen LogP contribution >= 0.6 is 0 Å². The molecule has 5 heteroatoms. The quantitative estimate of drug-likeness (QED) is 0.615. The smallest absolute Gasteiger partial charge is 0.255 e. The Morgan fingerprint density at radius 2 is 2.25 bits per heavy atom. The molecule has 0 aliphatic carbocycles. The van der Waals surface area contributed by atoms with Crippen LogP contribution in [0.1, 0.15) is 0 Å². The van der Waals surface area contributed by atoms with Gasteiger partial charge in [0, 0.05) is 6.54 Å². The maximum atomic E-state index is 11.8. The zero-order valence-corrected chi connectivity index (χ0v) is 6.54. The second-order valence-electron chi connectivity index (χ2n) is 2.10. The van der Waals surface area contributed by atoms with Gasteiger partial charge in [0.25, 0.3) is 6.43 Å². The van der Waals surface area contributed by atoms with Gasteiger partial charge in [0.15, 0.2) is 0 Å². The fraction of sp³-hybridized carbons (Fsp3) is 0.571. The molecule has 0 aromatic rings. The molecule has 12 heavy (non-hydrogen) atoms. The van der Waals surface area contributed by atoms with Crippen molar-refractivity contribution in [1.82, 2.24) is 4.90 Å². The Labute approximate surface area is 69.3 Å². The fourth-order valence-electron chi connectivity index (χ4n) is 0.708.